The summed E-state index contributed by atoms with van der Waals surface area (Å²) in [7, 11) is 0. The number of nitrogens with zero attached hydrogens (tertiary/aromatic N) is 4. The molecule has 4 rings (SSSR count). The number of thiazole rings is 1. The maximum atomic E-state index is 5.26. The second-order valence-electron chi connectivity index (χ2n) is 4.99. The number of aryl methyl sites for hydroxylation is 2. The smallest absolute Gasteiger partial charge is 0.258 e. The Bertz CT molecular complexity index is 959. The lowest BCUT2D eigenvalue weighted by atomic mass is 10.2. The van der Waals surface area contributed by atoms with Gasteiger partial charge in [-0.2, -0.15) is 0 Å². The molecule has 0 aromatic carbocycles. The van der Waals surface area contributed by atoms with Gasteiger partial charge >= 0.3 is 0 Å². The maximum absolute atomic E-state index is 5.26. The predicted octanol–water partition coefficient (Wildman–Crippen LogP) is 4.03. The number of pyridine rings is 2. The van der Waals surface area contributed by atoms with Crippen LogP contribution in [0.4, 0.5) is 0 Å². The molecule has 0 aliphatic carbocycles. The third kappa shape index (κ3) is 2.08. The summed E-state index contributed by atoms with van der Waals surface area (Å²) in [6.45, 7) is 3.90. The third-order valence-corrected chi connectivity index (χ3v) is 4.69. The van der Waals surface area contributed by atoms with E-state index in [0.29, 0.717) is 5.71 Å². The number of fused-ring (bicyclic) bond motifs is 1. The summed E-state index contributed by atoms with van der Waals surface area (Å²) < 4.78 is 5.26. The second kappa shape index (κ2) is 4.99. The minimum absolute atomic E-state index is 0.561. The van der Waals surface area contributed by atoms with Gasteiger partial charge in [0.05, 0.1) is 27.3 Å². The Morgan fingerprint density at radius 2 is 1.95 bits per heavy atom. The van der Waals surface area contributed by atoms with Crippen LogP contribution in [0.2, 0.25) is 0 Å². The lowest BCUT2D eigenvalue weighted by molar-refractivity contribution is 0.443. The van der Waals surface area contributed by atoms with Crippen molar-refractivity contribution in [2.45, 2.75) is 13.8 Å². The number of hydrogen-bond acceptors (Lipinski definition) is 6. The Balaban J connectivity index is 1.83. The first-order chi connectivity index (χ1) is 10.7. The van der Waals surface area contributed by atoms with E-state index in [9.17, 15) is 0 Å². The minimum Gasteiger partial charge on any atom is -0.336 e. The topological polar surface area (TPSA) is 64.7 Å². The van der Waals surface area contributed by atoms with E-state index in [1.165, 1.54) is 0 Å². The van der Waals surface area contributed by atoms with Crippen molar-refractivity contribution in [2.75, 3.05) is 0 Å². The van der Waals surface area contributed by atoms with E-state index in [2.05, 4.69) is 20.1 Å². The van der Waals surface area contributed by atoms with Gasteiger partial charge in [-0.1, -0.05) is 5.16 Å². The number of rotatable bonds is 2. The lowest BCUT2D eigenvalue weighted by Crippen LogP contribution is -1.83. The molecule has 5 nitrogen and oxygen atoms in total. The van der Waals surface area contributed by atoms with Crippen LogP contribution in [-0.2, 0) is 0 Å². The molecule has 0 fully saturated rings. The molecule has 0 unspecified atom stereocenters. The quantitative estimate of drug-likeness (QED) is 0.559. The summed E-state index contributed by atoms with van der Waals surface area (Å²) in [4.78, 5) is 14.4. The van der Waals surface area contributed by atoms with E-state index in [1.54, 1.807) is 17.5 Å². The van der Waals surface area contributed by atoms with Crippen molar-refractivity contribution in [1.82, 2.24) is 20.1 Å². The first-order valence-corrected chi connectivity index (χ1v) is 7.65. The Hall–Kier alpha value is -2.60. The van der Waals surface area contributed by atoms with Gasteiger partial charge < -0.3 is 4.52 Å². The van der Waals surface area contributed by atoms with Gasteiger partial charge in [-0.3, -0.25) is 4.98 Å². The zero-order chi connectivity index (χ0) is 15.1. The van der Waals surface area contributed by atoms with E-state index in [-0.39, 0.29) is 0 Å². The fourth-order valence-electron chi connectivity index (χ4n) is 2.32. The van der Waals surface area contributed by atoms with Crippen molar-refractivity contribution in [1.29, 1.82) is 0 Å². The molecule has 108 valence electrons. The van der Waals surface area contributed by atoms with Gasteiger partial charge in [-0.15, -0.1) is 11.3 Å². The first-order valence-electron chi connectivity index (χ1n) is 6.83. The van der Waals surface area contributed by atoms with E-state index in [4.69, 9.17) is 4.52 Å². The Morgan fingerprint density at radius 1 is 1.05 bits per heavy atom. The van der Waals surface area contributed by atoms with Crippen molar-refractivity contribution in [3.63, 3.8) is 0 Å². The van der Waals surface area contributed by atoms with Crippen LogP contribution in [0.1, 0.15) is 11.4 Å². The molecule has 0 saturated heterocycles. The number of hydrogen-bond donors (Lipinski definition) is 0. The summed E-state index contributed by atoms with van der Waals surface area (Å²) in [6.07, 6.45) is 3.57. The minimum atomic E-state index is 0.561. The van der Waals surface area contributed by atoms with E-state index < -0.39 is 0 Å². The fourth-order valence-corrected chi connectivity index (χ4v) is 3.35. The molecule has 0 spiro atoms. The Labute approximate surface area is 130 Å². The first kappa shape index (κ1) is 13.1. The van der Waals surface area contributed by atoms with E-state index in [0.717, 1.165) is 37.9 Å². The van der Waals surface area contributed by atoms with E-state index in [1.807, 2.05) is 44.3 Å². The predicted molar refractivity (Wildman–Crippen MR) is 85.6 cm³/mol. The fraction of sp³-hybridized carbons (Fsp3) is 0.125. The third-order valence-electron chi connectivity index (χ3n) is 3.46. The average molecular weight is 308 g/mol. The molecule has 6 heteroatoms. The second-order valence-corrected chi connectivity index (χ2v) is 5.99. The SMILES string of the molecule is Cc1nc(-c2cccnc2)sc1-c1ccc2c(C)noc2n1. The van der Waals surface area contributed by atoms with Gasteiger partial charge in [0.15, 0.2) is 0 Å². The van der Waals surface area contributed by atoms with Gasteiger partial charge in [-0.25, -0.2) is 9.97 Å². The zero-order valence-corrected chi connectivity index (χ0v) is 12.9. The molecule has 0 radical (unpaired) electrons. The molecule has 0 bridgehead atoms. The summed E-state index contributed by atoms with van der Waals surface area (Å²) in [6, 6.07) is 7.89. The van der Waals surface area contributed by atoms with Crippen LogP contribution in [0.15, 0.2) is 41.2 Å². The van der Waals surface area contributed by atoms with Crippen molar-refractivity contribution >= 4 is 22.4 Å². The number of aromatic nitrogens is 4. The molecule has 4 heterocycles. The molecule has 0 N–H and O–H groups in total. The summed E-state index contributed by atoms with van der Waals surface area (Å²) in [5.74, 6) is 0. The van der Waals surface area contributed by atoms with Crippen molar-refractivity contribution in [2.24, 2.45) is 0 Å². The monoisotopic (exact) mass is 308 g/mol. The largest absolute Gasteiger partial charge is 0.336 e. The van der Waals surface area contributed by atoms with Crippen molar-refractivity contribution < 1.29 is 4.52 Å². The molecule has 0 saturated carbocycles. The molecule has 4 aromatic rings. The lowest BCUT2D eigenvalue weighted by Gasteiger charge is -1.97. The highest BCUT2D eigenvalue weighted by Crippen LogP contribution is 2.34. The van der Waals surface area contributed by atoms with Gasteiger partial charge in [-0.05, 0) is 38.1 Å². The normalized spacial score (nSPS) is 11.2. The highest BCUT2D eigenvalue weighted by atomic mass is 32.1. The van der Waals surface area contributed by atoms with Gasteiger partial charge in [0.1, 0.15) is 5.01 Å². The zero-order valence-electron chi connectivity index (χ0n) is 12.1. The van der Waals surface area contributed by atoms with Gasteiger partial charge in [0.25, 0.3) is 5.71 Å². The molecule has 22 heavy (non-hydrogen) atoms. The molecule has 0 amide bonds. The summed E-state index contributed by atoms with van der Waals surface area (Å²) in [5, 5.41) is 5.83. The highest BCUT2D eigenvalue weighted by molar-refractivity contribution is 7.18. The van der Waals surface area contributed by atoms with Gasteiger partial charge in [0, 0.05) is 18.0 Å². The highest BCUT2D eigenvalue weighted by Gasteiger charge is 2.14. The molecule has 4 aromatic heterocycles. The van der Waals surface area contributed by atoms with Crippen LogP contribution in [0.25, 0.3) is 32.2 Å². The molecule has 0 aliphatic rings. The van der Waals surface area contributed by atoms with E-state index >= 15 is 0 Å². The van der Waals surface area contributed by atoms with Crippen molar-refractivity contribution in [3.05, 3.63) is 48.0 Å². The molecule has 0 aliphatic heterocycles. The molecule has 0 atom stereocenters. The van der Waals surface area contributed by atoms with Crippen LogP contribution < -0.4 is 0 Å². The van der Waals surface area contributed by atoms with Crippen LogP contribution in [0, 0.1) is 13.8 Å². The summed E-state index contributed by atoms with van der Waals surface area (Å²) in [5.41, 5.74) is 4.23. The van der Waals surface area contributed by atoms with Crippen molar-refractivity contribution in [3.8, 4) is 21.1 Å². The van der Waals surface area contributed by atoms with Crippen LogP contribution >= 0.6 is 11.3 Å². The maximum Gasteiger partial charge on any atom is 0.258 e. The van der Waals surface area contributed by atoms with Crippen LogP contribution in [0.5, 0.6) is 0 Å². The van der Waals surface area contributed by atoms with Crippen LogP contribution in [0.3, 0.4) is 0 Å². The van der Waals surface area contributed by atoms with Crippen LogP contribution in [-0.4, -0.2) is 20.1 Å². The Kier molecular flexibility index (Phi) is 2.97. The van der Waals surface area contributed by atoms with Gasteiger partial charge in [0.2, 0.25) is 0 Å². The standard InChI is InChI=1S/C16H12N4OS/c1-9-12-5-6-13(19-15(12)21-20-9)14-10(2)18-16(22-14)11-4-3-7-17-8-11/h3-8H,1-2H3. The Morgan fingerprint density at radius 3 is 2.77 bits per heavy atom. The molecular formula is C16H12N4OS. The summed E-state index contributed by atoms with van der Waals surface area (Å²) >= 11 is 1.61. The molecular weight excluding hydrogens is 296 g/mol. The average Bonchev–Trinajstić information content (AvgIpc) is 3.11.